The molecule has 1 aliphatic rings. The number of morpholine rings is 1. The Morgan fingerprint density at radius 2 is 1.72 bits per heavy atom. The maximum absolute atomic E-state index is 12.9. The molecular formula is C20H24BrN3O4S. The topological polar surface area (TPSA) is 87.7 Å². The molecule has 0 aliphatic carbocycles. The van der Waals surface area contributed by atoms with Gasteiger partial charge < -0.3 is 15.4 Å². The highest BCUT2D eigenvalue weighted by Gasteiger charge is 2.32. The lowest BCUT2D eigenvalue weighted by Crippen LogP contribution is -2.48. The van der Waals surface area contributed by atoms with Crippen molar-refractivity contribution in [3.05, 3.63) is 53.0 Å². The van der Waals surface area contributed by atoms with Crippen LogP contribution in [0.4, 0.5) is 11.4 Å². The molecular weight excluding hydrogens is 458 g/mol. The number of hydrogen-bond donors (Lipinski definition) is 2. The molecule has 0 bridgehead atoms. The van der Waals surface area contributed by atoms with Crippen LogP contribution < -0.4 is 10.6 Å². The first-order chi connectivity index (χ1) is 13.8. The number of nitrogens with one attached hydrogen (secondary N) is 2. The van der Waals surface area contributed by atoms with Crippen molar-refractivity contribution in [2.45, 2.75) is 31.0 Å². The molecule has 1 aliphatic heterocycles. The Hall–Kier alpha value is -1.94. The standard InChI is InChI=1S/C20H24BrN3O4S/c1-14-12-24(13-15(2)28-14)29(26,27)17-9-7-16(8-10-17)23-20(25)11-22-19-6-4-3-5-18(19)21/h3-10,14-15,22H,11-13H2,1-2H3,(H,23,25). The van der Waals surface area contributed by atoms with E-state index < -0.39 is 10.0 Å². The minimum Gasteiger partial charge on any atom is -0.375 e. The highest BCUT2D eigenvalue weighted by molar-refractivity contribution is 9.10. The number of carbonyl (C=O) groups excluding carboxylic acids is 1. The number of sulfonamides is 1. The number of ether oxygens (including phenoxy) is 1. The number of nitrogens with zero attached hydrogens (tertiary/aromatic N) is 1. The average Bonchev–Trinajstić information content (AvgIpc) is 2.67. The third-order valence-corrected chi connectivity index (χ3v) is 7.01. The zero-order chi connectivity index (χ0) is 21.0. The summed E-state index contributed by atoms with van der Waals surface area (Å²) < 4.78 is 33.7. The van der Waals surface area contributed by atoms with Gasteiger partial charge in [0.25, 0.3) is 0 Å². The first-order valence-corrected chi connectivity index (χ1v) is 11.5. The molecule has 1 saturated heterocycles. The van der Waals surface area contributed by atoms with Gasteiger partial charge in [0.05, 0.1) is 23.6 Å². The molecule has 2 aromatic rings. The van der Waals surface area contributed by atoms with Crippen LogP contribution in [0, 0.1) is 0 Å². The third-order valence-electron chi connectivity index (χ3n) is 4.48. The van der Waals surface area contributed by atoms with Crippen LogP contribution in [0.3, 0.4) is 0 Å². The van der Waals surface area contributed by atoms with Crippen LogP contribution in [0.5, 0.6) is 0 Å². The van der Waals surface area contributed by atoms with Gasteiger partial charge in [-0.3, -0.25) is 4.79 Å². The first kappa shape index (κ1) is 21.8. The molecule has 1 heterocycles. The summed E-state index contributed by atoms with van der Waals surface area (Å²) in [6.45, 7) is 4.46. The second kappa shape index (κ2) is 9.25. The van der Waals surface area contributed by atoms with Crippen LogP contribution >= 0.6 is 15.9 Å². The Labute approximate surface area is 179 Å². The number of halogens is 1. The fraction of sp³-hybridized carbons (Fsp3) is 0.350. The Morgan fingerprint density at radius 3 is 2.34 bits per heavy atom. The predicted molar refractivity (Wildman–Crippen MR) is 116 cm³/mol. The van der Waals surface area contributed by atoms with Gasteiger partial charge in [-0.2, -0.15) is 4.31 Å². The number of hydrogen-bond acceptors (Lipinski definition) is 5. The van der Waals surface area contributed by atoms with Crippen LogP contribution in [0.1, 0.15) is 13.8 Å². The van der Waals surface area contributed by atoms with E-state index in [1.54, 1.807) is 12.1 Å². The molecule has 29 heavy (non-hydrogen) atoms. The Bertz CT molecular complexity index is 956. The molecule has 0 aromatic heterocycles. The molecule has 0 radical (unpaired) electrons. The lowest BCUT2D eigenvalue weighted by molar-refractivity contribution is -0.114. The summed E-state index contributed by atoms with van der Waals surface area (Å²) in [5.74, 6) is -0.229. The van der Waals surface area contributed by atoms with E-state index in [0.717, 1.165) is 10.2 Å². The first-order valence-electron chi connectivity index (χ1n) is 9.29. The SMILES string of the molecule is CC1CN(S(=O)(=O)c2ccc(NC(=O)CNc3ccccc3Br)cc2)CC(C)O1. The van der Waals surface area contributed by atoms with Crippen molar-refractivity contribution in [2.24, 2.45) is 0 Å². The predicted octanol–water partition coefficient (Wildman–Crippen LogP) is 3.30. The Kier molecular flexibility index (Phi) is 6.94. The van der Waals surface area contributed by atoms with E-state index in [9.17, 15) is 13.2 Å². The number of rotatable bonds is 6. The van der Waals surface area contributed by atoms with Crippen molar-refractivity contribution < 1.29 is 17.9 Å². The van der Waals surface area contributed by atoms with Gasteiger partial charge in [-0.15, -0.1) is 0 Å². The van der Waals surface area contributed by atoms with Crippen LogP contribution in [0.25, 0.3) is 0 Å². The fourth-order valence-corrected chi connectivity index (χ4v) is 5.19. The number of benzene rings is 2. The lowest BCUT2D eigenvalue weighted by atomic mass is 10.3. The van der Waals surface area contributed by atoms with E-state index in [1.807, 2.05) is 38.1 Å². The van der Waals surface area contributed by atoms with Crippen molar-refractivity contribution in [1.29, 1.82) is 0 Å². The Balaban J connectivity index is 1.61. The number of para-hydroxylation sites is 1. The molecule has 7 nitrogen and oxygen atoms in total. The molecule has 2 atom stereocenters. The highest BCUT2D eigenvalue weighted by Crippen LogP contribution is 2.23. The van der Waals surface area contributed by atoms with E-state index in [4.69, 9.17) is 4.74 Å². The maximum Gasteiger partial charge on any atom is 0.243 e. The van der Waals surface area contributed by atoms with Gasteiger partial charge in [0.2, 0.25) is 15.9 Å². The molecule has 9 heteroatoms. The summed E-state index contributed by atoms with van der Waals surface area (Å²) in [5.41, 5.74) is 1.35. The van der Waals surface area contributed by atoms with E-state index in [2.05, 4.69) is 26.6 Å². The molecule has 0 saturated carbocycles. The molecule has 1 fully saturated rings. The van der Waals surface area contributed by atoms with Gasteiger partial charge in [0.15, 0.2) is 0 Å². The van der Waals surface area contributed by atoms with Crippen LogP contribution in [0.15, 0.2) is 57.9 Å². The van der Waals surface area contributed by atoms with Crippen molar-refractivity contribution in [3.8, 4) is 0 Å². The summed E-state index contributed by atoms with van der Waals surface area (Å²) in [5, 5.41) is 5.81. The quantitative estimate of drug-likeness (QED) is 0.660. The summed E-state index contributed by atoms with van der Waals surface area (Å²) >= 11 is 3.42. The number of carbonyl (C=O) groups is 1. The molecule has 2 N–H and O–H groups in total. The minimum absolute atomic E-state index is 0.0895. The zero-order valence-corrected chi connectivity index (χ0v) is 18.7. The van der Waals surface area contributed by atoms with Crippen LogP contribution in [-0.4, -0.2) is 50.5 Å². The summed E-state index contributed by atoms with van der Waals surface area (Å²) in [7, 11) is -3.60. The molecule has 2 aromatic carbocycles. The van der Waals surface area contributed by atoms with Crippen molar-refractivity contribution in [2.75, 3.05) is 30.3 Å². The molecule has 2 unspecified atom stereocenters. The van der Waals surface area contributed by atoms with Gasteiger partial charge in [-0.1, -0.05) is 12.1 Å². The second-order valence-electron chi connectivity index (χ2n) is 6.99. The monoisotopic (exact) mass is 481 g/mol. The van der Waals surface area contributed by atoms with Crippen molar-refractivity contribution in [3.63, 3.8) is 0 Å². The minimum atomic E-state index is -3.60. The van der Waals surface area contributed by atoms with E-state index >= 15 is 0 Å². The summed E-state index contributed by atoms with van der Waals surface area (Å²) in [6.07, 6.45) is -0.298. The van der Waals surface area contributed by atoms with Gasteiger partial charge in [0.1, 0.15) is 0 Å². The van der Waals surface area contributed by atoms with Gasteiger partial charge in [0, 0.05) is 28.9 Å². The third kappa shape index (κ3) is 5.57. The van der Waals surface area contributed by atoms with Crippen molar-refractivity contribution >= 4 is 43.2 Å². The maximum atomic E-state index is 12.9. The zero-order valence-electron chi connectivity index (χ0n) is 16.3. The smallest absolute Gasteiger partial charge is 0.243 e. The van der Waals surface area contributed by atoms with E-state index in [0.29, 0.717) is 18.8 Å². The average molecular weight is 482 g/mol. The van der Waals surface area contributed by atoms with Crippen LogP contribution in [-0.2, 0) is 19.6 Å². The summed E-state index contributed by atoms with van der Waals surface area (Å²) in [4.78, 5) is 12.4. The molecule has 1 amide bonds. The molecule has 0 spiro atoms. The van der Waals surface area contributed by atoms with Gasteiger partial charge >= 0.3 is 0 Å². The second-order valence-corrected chi connectivity index (χ2v) is 9.78. The Morgan fingerprint density at radius 1 is 1.10 bits per heavy atom. The van der Waals surface area contributed by atoms with Gasteiger partial charge in [-0.05, 0) is 66.2 Å². The normalized spacial score (nSPS) is 20.2. The lowest BCUT2D eigenvalue weighted by Gasteiger charge is -2.34. The van der Waals surface area contributed by atoms with Crippen LogP contribution in [0.2, 0.25) is 0 Å². The number of anilines is 2. The highest BCUT2D eigenvalue weighted by atomic mass is 79.9. The number of amides is 1. The van der Waals surface area contributed by atoms with Crippen molar-refractivity contribution in [1.82, 2.24) is 4.31 Å². The van der Waals surface area contributed by atoms with E-state index in [1.165, 1.54) is 16.4 Å². The molecule has 3 rings (SSSR count). The molecule has 156 valence electrons. The summed E-state index contributed by atoms with van der Waals surface area (Å²) in [6, 6.07) is 13.7. The largest absolute Gasteiger partial charge is 0.375 e. The van der Waals surface area contributed by atoms with E-state index in [-0.39, 0.29) is 29.6 Å². The van der Waals surface area contributed by atoms with Gasteiger partial charge in [-0.25, -0.2) is 8.42 Å². The fourth-order valence-electron chi connectivity index (χ4n) is 3.17.